The molecular weight excluding hydrogens is 302 g/mol. The minimum atomic E-state index is 0.258. The van der Waals surface area contributed by atoms with E-state index in [-0.39, 0.29) is 5.78 Å². The molecule has 1 saturated carbocycles. The average molecular weight is 323 g/mol. The minimum Gasteiger partial charge on any atom is -0.497 e. The Morgan fingerprint density at radius 3 is 2.08 bits per heavy atom. The van der Waals surface area contributed by atoms with Crippen LogP contribution in [0, 0.1) is 0 Å². The molecule has 1 fully saturated rings. The molecule has 24 heavy (non-hydrogen) atoms. The highest BCUT2D eigenvalue weighted by Gasteiger charge is 2.14. The number of hydrogen-bond donors (Lipinski definition) is 1. The van der Waals surface area contributed by atoms with Crippen LogP contribution in [0.25, 0.3) is 0 Å². The zero-order chi connectivity index (χ0) is 16.8. The van der Waals surface area contributed by atoms with E-state index >= 15 is 0 Å². The normalized spacial score (nSPS) is 16.0. The van der Waals surface area contributed by atoms with Gasteiger partial charge >= 0.3 is 0 Å². The van der Waals surface area contributed by atoms with Crippen LogP contribution in [0.3, 0.4) is 0 Å². The molecule has 3 rings (SSSR count). The number of allylic oxidation sites excluding steroid dienone is 1. The van der Waals surface area contributed by atoms with Gasteiger partial charge in [0.2, 0.25) is 0 Å². The van der Waals surface area contributed by atoms with Crippen LogP contribution in [0.15, 0.2) is 60.3 Å². The average Bonchev–Trinajstić information content (AvgIpc) is 2.63. The number of benzene rings is 2. The fourth-order valence-electron chi connectivity index (χ4n) is 2.62. The summed E-state index contributed by atoms with van der Waals surface area (Å²) in [5.41, 5.74) is 1.82. The molecule has 0 saturated heterocycles. The first-order valence-electron chi connectivity index (χ1n) is 8.15. The predicted octanol–water partition coefficient (Wildman–Crippen LogP) is 4.93. The second kappa shape index (κ2) is 7.68. The minimum absolute atomic E-state index is 0.258. The Labute approximate surface area is 142 Å². The molecule has 0 radical (unpaired) electrons. The van der Waals surface area contributed by atoms with Crippen LogP contribution >= 0.6 is 0 Å². The Hall–Kier alpha value is -2.75. The quantitative estimate of drug-likeness (QED) is 0.793. The predicted molar refractivity (Wildman–Crippen MR) is 94.7 cm³/mol. The van der Waals surface area contributed by atoms with E-state index < -0.39 is 0 Å². The fourth-order valence-corrected chi connectivity index (χ4v) is 2.62. The van der Waals surface area contributed by atoms with Crippen molar-refractivity contribution in [1.82, 2.24) is 0 Å². The van der Waals surface area contributed by atoms with E-state index in [9.17, 15) is 4.79 Å². The summed E-state index contributed by atoms with van der Waals surface area (Å²) in [5, 5.41) is 3.20. The monoisotopic (exact) mass is 323 g/mol. The van der Waals surface area contributed by atoms with Gasteiger partial charge < -0.3 is 14.8 Å². The Morgan fingerprint density at radius 1 is 0.875 bits per heavy atom. The second-order valence-electron chi connectivity index (χ2n) is 5.75. The summed E-state index contributed by atoms with van der Waals surface area (Å²) in [6.07, 6.45) is 5.47. The van der Waals surface area contributed by atoms with Gasteiger partial charge in [0, 0.05) is 23.9 Å². The van der Waals surface area contributed by atoms with Crippen molar-refractivity contribution < 1.29 is 14.3 Å². The molecule has 1 aliphatic rings. The molecule has 0 atom stereocenters. The number of rotatable bonds is 5. The van der Waals surface area contributed by atoms with Crippen LogP contribution in [-0.2, 0) is 4.79 Å². The standard InChI is InChI=1S/C20H21NO3/c1-23-17-10-12-19(13-11-17)24-18-8-6-16(7-9-18)21-14-15-4-2-3-5-20(15)22/h6-14,21H,2-5H2,1H3/b15-14-. The van der Waals surface area contributed by atoms with Crippen LogP contribution in [-0.4, -0.2) is 12.9 Å². The van der Waals surface area contributed by atoms with Gasteiger partial charge in [-0.3, -0.25) is 4.79 Å². The van der Waals surface area contributed by atoms with Crippen molar-refractivity contribution in [1.29, 1.82) is 0 Å². The number of ether oxygens (including phenoxy) is 2. The number of Topliss-reactive ketones (excluding diaryl/α,β-unsaturated/α-hetero) is 1. The first-order chi connectivity index (χ1) is 11.7. The van der Waals surface area contributed by atoms with Gasteiger partial charge in [-0.25, -0.2) is 0 Å². The molecular formula is C20H21NO3. The van der Waals surface area contributed by atoms with Gasteiger partial charge in [-0.1, -0.05) is 0 Å². The zero-order valence-electron chi connectivity index (χ0n) is 13.7. The van der Waals surface area contributed by atoms with E-state index in [1.165, 1.54) is 0 Å². The number of hydrogen-bond acceptors (Lipinski definition) is 4. The van der Waals surface area contributed by atoms with E-state index in [0.717, 1.165) is 47.8 Å². The maximum Gasteiger partial charge on any atom is 0.160 e. The van der Waals surface area contributed by atoms with Crippen molar-refractivity contribution in [3.63, 3.8) is 0 Å². The van der Waals surface area contributed by atoms with Gasteiger partial charge in [0.05, 0.1) is 7.11 Å². The van der Waals surface area contributed by atoms with Crippen molar-refractivity contribution >= 4 is 11.5 Å². The van der Waals surface area contributed by atoms with Gasteiger partial charge in [-0.15, -0.1) is 0 Å². The lowest BCUT2D eigenvalue weighted by molar-refractivity contribution is -0.116. The first kappa shape index (κ1) is 16.1. The topological polar surface area (TPSA) is 47.6 Å². The fraction of sp³-hybridized carbons (Fsp3) is 0.250. The van der Waals surface area contributed by atoms with Crippen molar-refractivity contribution in [3.8, 4) is 17.2 Å². The van der Waals surface area contributed by atoms with E-state index in [1.54, 1.807) is 7.11 Å². The third-order valence-corrected chi connectivity index (χ3v) is 4.02. The molecule has 0 aromatic heterocycles. The molecule has 4 heteroatoms. The lowest BCUT2D eigenvalue weighted by Gasteiger charge is -2.13. The molecule has 1 N–H and O–H groups in total. The van der Waals surface area contributed by atoms with Crippen molar-refractivity contribution in [2.75, 3.05) is 12.4 Å². The van der Waals surface area contributed by atoms with E-state index in [0.29, 0.717) is 6.42 Å². The molecule has 4 nitrogen and oxygen atoms in total. The number of carbonyl (C=O) groups is 1. The van der Waals surface area contributed by atoms with Crippen molar-refractivity contribution in [2.45, 2.75) is 25.7 Å². The highest BCUT2D eigenvalue weighted by Crippen LogP contribution is 2.25. The van der Waals surface area contributed by atoms with Crippen LogP contribution in [0.5, 0.6) is 17.2 Å². The van der Waals surface area contributed by atoms with Crippen LogP contribution in [0.1, 0.15) is 25.7 Å². The van der Waals surface area contributed by atoms with Gasteiger partial charge in [0.1, 0.15) is 17.2 Å². The first-order valence-corrected chi connectivity index (χ1v) is 8.15. The molecule has 1 aliphatic carbocycles. The largest absolute Gasteiger partial charge is 0.497 e. The Morgan fingerprint density at radius 2 is 1.46 bits per heavy atom. The lowest BCUT2D eigenvalue weighted by Crippen LogP contribution is -2.09. The maximum atomic E-state index is 11.8. The van der Waals surface area contributed by atoms with E-state index in [4.69, 9.17) is 9.47 Å². The number of nitrogens with one attached hydrogen (secondary N) is 1. The van der Waals surface area contributed by atoms with Crippen molar-refractivity contribution in [2.24, 2.45) is 0 Å². The van der Waals surface area contributed by atoms with E-state index in [2.05, 4.69) is 5.32 Å². The van der Waals surface area contributed by atoms with Crippen LogP contribution in [0.4, 0.5) is 5.69 Å². The Kier molecular flexibility index (Phi) is 5.16. The van der Waals surface area contributed by atoms with Gasteiger partial charge in [0.25, 0.3) is 0 Å². The SMILES string of the molecule is COc1ccc(Oc2ccc(N/C=C3/CCCCC3=O)cc2)cc1. The molecule has 0 heterocycles. The number of methoxy groups -OCH3 is 1. The summed E-state index contributed by atoms with van der Waals surface area (Å²) < 4.78 is 10.9. The third-order valence-electron chi connectivity index (χ3n) is 4.02. The lowest BCUT2D eigenvalue weighted by atomic mass is 9.94. The second-order valence-corrected chi connectivity index (χ2v) is 5.75. The zero-order valence-corrected chi connectivity index (χ0v) is 13.7. The summed E-state index contributed by atoms with van der Waals surface area (Å²) in [4.78, 5) is 11.8. The molecule has 124 valence electrons. The molecule has 0 unspecified atom stereocenters. The van der Waals surface area contributed by atoms with Crippen LogP contribution < -0.4 is 14.8 Å². The molecule has 2 aromatic carbocycles. The molecule has 0 amide bonds. The number of ketones is 1. The highest BCUT2D eigenvalue weighted by molar-refractivity contribution is 5.96. The molecule has 0 spiro atoms. The highest BCUT2D eigenvalue weighted by atomic mass is 16.5. The van der Waals surface area contributed by atoms with E-state index in [1.807, 2.05) is 54.7 Å². The maximum absolute atomic E-state index is 11.8. The Balaban J connectivity index is 1.60. The molecule has 0 aliphatic heterocycles. The van der Waals surface area contributed by atoms with Gasteiger partial charge in [0.15, 0.2) is 5.78 Å². The smallest absolute Gasteiger partial charge is 0.160 e. The van der Waals surface area contributed by atoms with Gasteiger partial charge in [-0.2, -0.15) is 0 Å². The number of carbonyl (C=O) groups excluding carboxylic acids is 1. The number of anilines is 1. The Bertz CT molecular complexity index is 718. The summed E-state index contributed by atoms with van der Waals surface area (Å²) in [5.74, 6) is 2.57. The van der Waals surface area contributed by atoms with Crippen molar-refractivity contribution in [3.05, 3.63) is 60.3 Å². The van der Waals surface area contributed by atoms with Gasteiger partial charge in [-0.05, 0) is 67.8 Å². The molecule has 0 bridgehead atoms. The summed E-state index contributed by atoms with van der Waals surface area (Å²) in [6, 6.07) is 15.1. The summed E-state index contributed by atoms with van der Waals surface area (Å²) in [6.45, 7) is 0. The molecule has 2 aromatic rings. The van der Waals surface area contributed by atoms with Crippen LogP contribution in [0.2, 0.25) is 0 Å². The summed E-state index contributed by atoms with van der Waals surface area (Å²) in [7, 11) is 1.64. The summed E-state index contributed by atoms with van der Waals surface area (Å²) >= 11 is 0. The third kappa shape index (κ3) is 4.16.